The molecule has 0 saturated carbocycles. The van der Waals surface area contributed by atoms with E-state index in [2.05, 4.69) is 14.1 Å². The maximum Gasteiger partial charge on any atom is 0.152 e. The van der Waals surface area contributed by atoms with E-state index in [4.69, 9.17) is 16.0 Å². The van der Waals surface area contributed by atoms with E-state index in [-0.39, 0.29) is 6.04 Å². The molecule has 6 heteroatoms. The Morgan fingerprint density at radius 1 is 1.44 bits per heavy atom. The molecule has 4 nitrogen and oxygen atoms in total. The minimum Gasteiger partial charge on any atom is -0.457 e. The first-order chi connectivity index (χ1) is 8.79. The van der Waals surface area contributed by atoms with Gasteiger partial charge in [0.05, 0.1) is 28.6 Å². The molecule has 0 aliphatic rings. The Kier molecular flexibility index (Phi) is 3.03. The lowest BCUT2D eigenvalue weighted by Gasteiger charge is -2.09. The molecule has 18 heavy (non-hydrogen) atoms. The van der Waals surface area contributed by atoms with E-state index < -0.39 is 0 Å². The average Bonchev–Trinajstić information content (AvgIpc) is 3.00. The second-order valence-corrected chi connectivity index (χ2v) is 4.82. The van der Waals surface area contributed by atoms with Gasteiger partial charge in [-0.05, 0) is 19.2 Å². The molecule has 0 spiro atoms. The van der Waals surface area contributed by atoms with Crippen LogP contribution >= 0.6 is 23.3 Å². The molecule has 0 saturated heterocycles. The number of rotatable bonds is 3. The van der Waals surface area contributed by atoms with Crippen molar-refractivity contribution >= 4 is 34.3 Å². The first kappa shape index (κ1) is 11.6. The second-order valence-electron chi connectivity index (χ2n) is 3.86. The van der Waals surface area contributed by atoms with Crippen molar-refractivity contribution in [1.29, 1.82) is 0 Å². The fourth-order valence-electron chi connectivity index (χ4n) is 1.92. The third-order valence-electron chi connectivity index (χ3n) is 2.76. The summed E-state index contributed by atoms with van der Waals surface area (Å²) in [5.74, 6) is 0.785. The first-order valence-corrected chi connectivity index (χ1v) is 6.53. The van der Waals surface area contributed by atoms with Crippen LogP contribution in [0, 0.1) is 0 Å². The normalized spacial score (nSPS) is 13.0. The number of fused-ring (bicyclic) bond motifs is 1. The number of hydrogen-bond acceptors (Lipinski definition) is 5. The van der Waals surface area contributed by atoms with Crippen molar-refractivity contribution < 1.29 is 4.42 Å². The Balaban J connectivity index is 2.11. The predicted octanol–water partition coefficient (Wildman–Crippen LogP) is 3.25. The number of nitrogens with one attached hydrogen (secondary N) is 1. The predicted molar refractivity (Wildman–Crippen MR) is 72.0 cm³/mol. The summed E-state index contributed by atoms with van der Waals surface area (Å²) < 4.78 is 14.1. The zero-order valence-electron chi connectivity index (χ0n) is 9.55. The molecule has 3 rings (SSSR count). The van der Waals surface area contributed by atoms with Gasteiger partial charge in [0.15, 0.2) is 5.58 Å². The van der Waals surface area contributed by atoms with Crippen LogP contribution in [0.1, 0.15) is 17.5 Å². The van der Waals surface area contributed by atoms with Gasteiger partial charge in [-0.3, -0.25) is 0 Å². The monoisotopic (exact) mass is 279 g/mol. The van der Waals surface area contributed by atoms with E-state index in [1.165, 1.54) is 11.7 Å². The summed E-state index contributed by atoms with van der Waals surface area (Å²) in [6.07, 6.45) is 1.74. The zero-order valence-corrected chi connectivity index (χ0v) is 11.1. The molecule has 0 radical (unpaired) electrons. The molecule has 0 aliphatic carbocycles. The summed E-state index contributed by atoms with van der Waals surface area (Å²) in [6.45, 7) is 0. The van der Waals surface area contributed by atoms with Gasteiger partial charge in [0, 0.05) is 5.39 Å². The highest BCUT2D eigenvalue weighted by atomic mass is 35.5. The molecule has 1 aromatic carbocycles. The summed E-state index contributed by atoms with van der Waals surface area (Å²) >= 11 is 7.28. The molecule has 1 N–H and O–H groups in total. The summed E-state index contributed by atoms with van der Waals surface area (Å²) in [5.41, 5.74) is 1.55. The summed E-state index contributed by atoms with van der Waals surface area (Å²) in [4.78, 5) is 0. The lowest BCUT2D eigenvalue weighted by Crippen LogP contribution is -2.17. The van der Waals surface area contributed by atoms with Gasteiger partial charge in [-0.2, -0.15) is 8.75 Å². The van der Waals surface area contributed by atoms with Crippen molar-refractivity contribution in [1.82, 2.24) is 14.1 Å². The minimum absolute atomic E-state index is 0.104. The van der Waals surface area contributed by atoms with Gasteiger partial charge in [-0.25, -0.2) is 0 Å². The van der Waals surface area contributed by atoms with Crippen LogP contribution in [-0.4, -0.2) is 15.8 Å². The standard InChI is InChI=1S/C12H10ClN3OS/c1-14-11(9-6-15-18-16-9)10-5-7-3-2-4-8(13)12(7)17-10/h2-6,11,14H,1H3. The largest absolute Gasteiger partial charge is 0.457 e. The van der Waals surface area contributed by atoms with E-state index in [1.807, 2.05) is 31.3 Å². The van der Waals surface area contributed by atoms with Crippen molar-refractivity contribution in [2.75, 3.05) is 7.05 Å². The van der Waals surface area contributed by atoms with Crippen LogP contribution in [0.2, 0.25) is 5.02 Å². The van der Waals surface area contributed by atoms with Gasteiger partial charge in [-0.1, -0.05) is 23.7 Å². The number of halogens is 1. The fraction of sp³-hybridized carbons (Fsp3) is 0.167. The molecule has 1 atom stereocenters. The van der Waals surface area contributed by atoms with Gasteiger partial charge in [-0.15, -0.1) is 0 Å². The van der Waals surface area contributed by atoms with Gasteiger partial charge in [0.25, 0.3) is 0 Å². The molecule has 2 heterocycles. The van der Waals surface area contributed by atoms with Crippen LogP contribution in [-0.2, 0) is 0 Å². The molecular weight excluding hydrogens is 270 g/mol. The summed E-state index contributed by atoms with van der Waals surface area (Å²) in [5, 5.41) is 4.77. The molecule has 92 valence electrons. The molecule has 0 fully saturated rings. The van der Waals surface area contributed by atoms with E-state index in [9.17, 15) is 0 Å². The topological polar surface area (TPSA) is 51.0 Å². The smallest absolute Gasteiger partial charge is 0.152 e. The molecule has 0 amide bonds. The first-order valence-electron chi connectivity index (χ1n) is 5.42. The highest BCUT2D eigenvalue weighted by Crippen LogP contribution is 2.31. The van der Waals surface area contributed by atoms with Gasteiger partial charge in [0.1, 0.15) is 11.8 Å². The Morgan fingerprint density at radius 2 is 2.33 bits per heavy atom. The van der Waals surface area contributed by atoms with Crippen LogP contribution in [0.15, 0.2) is 34.9 Å². The number of aromatic nitrogens is 2. The average molecular weight is 280 g/mol. The van der Waals surface area contributed by atoms with E-state index >= 15 is 0 Å². The van der Waals surface area contributed by atoms with Crippen LogP contribution in [0.5, 0.6) is 0 Å². The fourth-order valence-corrected chi connectivity index (χ4v) is 2.59. The molecule has 0 bridgehead atoms. The number of hydrogen-bond donors (Lipinski definition) is 1. The number of nitrogens with zero attached hydrogens (tertiary/aromatic N) is 2. The van der Waals surface area contributed by atoms with Crippen molar-refractivity contribution in [2.45, 2.75) is 6.04 Å². The van der Waals surface area contributed by atoms with E-state index in [0.29, 0.717) is 10.6 Å². The third kappa shape index (κ3) is 1.90. The molecule has 2 aromatic heterocycles. The lowest BCUT2D eigenvalue weighted by atomic mass is 10.1. The zero-order chi connectivity index (χ0) is 12.5. The van der Waals surface area contributed by atoms with Crippen molar-refractivity contribution in [3.05, 3.63) is 46.9 Å². The number of benzene rings is 1. The third-order valence-corrected chi connectivity index (χ3v) is 3.55. The lowest BCUT2D eigenvalue weighted by molar-refractivity contribution is 0.487. The highest BCUT2D eigenvalue weighted by Gasteiger charge is 2.19. The minimum atomic E-state index is -0.104. The molecule has 1 unspecified atom stereocenters. The Hall–Kier alpha value is -1.43. The summed E-state index contributed by atoms with van der Waals surface area (Å²) in [7, 11) is 1.86. The van der Waals surface area contributed by atoms with Crippen molar-refractivity contribution in [3.63, 3.8) is 0 Å². The van der Waals surface area contributed by atoms with Crippen LogP contribution in [0.3, 0.4) is 0 Å². The molecule has 0 aliphatic heterocycles. The summed E-state index contributed by atoms with van der Waals surface area (Å²) in [6, 6.07) is 7.56. The van der Waals surface area contributed by atoms with Crippen LogP contribution < -0.4 is 5.32 Å². The van der Waals surface area contributed by atoms with Crippen molar-refractivity contribution in [2.24, 2.45) is 0 Å². The quantitative estimate of drug-likeness (QED) is 0.800. The Morgan fingerprint density at radius 3 is 3.00 bits per heavy atom. The Bertz CT molecular complexity index is 665. The maximum atomic E-state index is 6.10. The number of para-hydroxylation sites is 1. The van der Waals surface area contributed by atoms with Crippen molar-refractivity contribution in [3.8, 4) is 0 Å². The van der Waals surface area contributed by atoms with E-state index in [0.717, 1.165) is 16.8 Å². The maximum absolute atomic E-state index is 6.10. The van der Waals surface area contributed by atoms with E-state index in [1.54, 1.807) is 6.20 Å². The number of furan rings is 1. The second kappa shape index (κ2) is 4.68. The van der Waals surface area contributed by atoms with Crippen LogP contribution in [0.25, 0.3) is 11.0 Å². The van der Waals surface area contributed by atoms with Gasteiger partial charge in [0.2, 0.25) is 0 Å². The molecular formula is C12H10ClN3OS. The van der Waals surface area contributed by atoms with Gasteiger partial charge >= 0.3 is 0 Å². The highest BCUT2D eigenvalue weighted by molar-refractivity contribution is 6.99. The van der Waals surface area contributed by atoms with Gasteiger partial charge < -0.3 is 9.73 Å². The van der Waals surface area contributed by atoms with Crippen LogP contribution in [0.4, 0.5) is 0 Å². The Labute approximate surface area is 113 Å². The SMILES string of the molecule is CNC(c1cnsn1)c1cc2cccc(Cl)c2o1. The molecule has 3 aromatic rings.